The highest BCUT2D eigenvalue weighted by atomic mass is 16.2. The second-order valence-corrected chi connectivity index (χ2v) is 8.15. The Balaban J connectivity index is 1.45. The van der Waals surface area contributed by atoms with Gasteiger partial charge in [0.15, 0.2) is 0 Å². The number of anilines is 2. The van der Waals surface area contributed by atoms with Crippen molar-refractivity contribution in [2.24, 2.45) is 0 Å². The predicted octanol–water partition coefficient (Wildman–Crippen LogP) is 3.14. The Kier molecular flexibility index (Phi) is 4.69. The highest BCUT2D eigenvalue weighted by Crippen LogP contribution is 2.35. The topological polar surface area (TPSA) is 94.2 Å². The number of rotatable bonds is 4. The van der Waals surface area contributed by atoms with Gasteiger partial charge < -0.3 is 15.1 Å². The monoisotopic (exact) mass is 416 g/mol. The van der Waals surface area contributed by atoms with Gasteiger partial charge in [-0.1, -0.05) is 12.6 Å². The Morgan fingerprint density at radius 3 is 3.03 bits per heavy atom. The first-order valence-electron chi connectivity index (χ1n) is 10.5. The third-order valence-electron chi connectivity index (χ3n) is 6.26. The lowest BCUT2D eigenvalue weighted by Gasteiger charge is -2.37. The zero-order valence-corrected chi connectivity index (χ0v) is 17.4. The van der Waals surface area contributed by atoms with Crippen molar-refractivity contribution < 1.29 is 9.59 Å². The molecule has 5 rings (SSSR count). The third-order valence-corrected chi connectivity index (χ3v) is 6.26. The van der Waals surface area contributed by atoms with Gasteiger partial charge in [0.05, 0.1) is 40.9 Å². The average Bonchev–Trinajstić information content (AvgIpc) is 3.40. The molecule has 158 valence electrons. The van der Waals surface area contributed by atoms with Crippen molar-refractivity contribution >= 4 is 34.1 Å². The number of aromatic amines is 1. The fourth-order valence-corrected chi connectivity index (χ4v) is 4.63. The summed E-state index contributed by atoms with van der Waals surface area (Å²) in [5.74, 6) is -0.101. The van der Waals surface area contributed by atoms with Crippen LogP contribution in [0.3, 0.4) is 0 Å². The van der Waals surface area contributed by atoms with E-state index in [-0.39, 0.29) is 17.9 Å². The van der Waals surface area contributed by atoms with Crippen LogP contribution in [0.15, 0.2) is 43.4 Å². The van der Waals surface area contributed by atoms with Crippen LogP contribution >= 0.6 is 0 Å². The number of H-pyrrole nitrogens is 1. The van der Waals surface area contributed by atoms with Crippen LogP contribution in [0.25, 0.3) is 10.9 Å². The summed E-state index contributed by atoms with van der Waals surface area (Å²) >= 11 is 0. The largest absolute Gasteiger partial charge is 0.353 e. The standard InChI is InChI=1S/C23H24N6O2/c1-3-20(30)28-8-4-5-16(13-28)29-12-15-9-24-11-19(21(15)23(29)31)26-22-14(2)6-7-18-17(22)10-25-27-18/h3,6-7,9-11,16,26H,1,4-5,8,12-13H2,2H3,(H,25,27). The molecule has 8 heteroatoms. The van der Waals surface area contributed by atoms with Crippen LogP contribution in [0.1, 0.15) is 34.3 Å². The van der Waals surface area contributed by atoms with Crippen LogP contribution in [0, 0.1) is 6.92 Å². The molecule has 0 spiro atoms. The average molecular weight is 416 g/mol. The van der Waals surface area contributed by atoms with E-state index in [1.165, 1.54) is 6.08 Å². The van der Waals surface area contributed by atoms with E-state index < -0.39 is 0 Å². The maximum Gasteiger partial charge on any atom is 0.257 e. The minimum atomic E-state index is -0.0819. The molecule has 0 saturated carbocycles. The first-order valence-corrected chi connectivity index (χ1v) is 10.5. The molecule has 31 heavy (non-hydrogen) atoms. The van der Waals surface area contributed by atoms with Crippen LogP contribution in [0.4, 0.5) is 11.4 Å². The van der Waals surface area contributed by atoms with Gasteiger partial charge in [-0.3, -0.25) is 19.7 Å². The first-order chi connectivity index (χ1) is 15.1. The summed E-state index contributed by atoms with van der Waals surface area (Å²) in [6.07, 6.45) is 8.34. The Labute approximate surface area is 179 Å². The summed E-state index contributed by atoms with van der Waals surface area (Å²) in [6.45, 7) is 7.36. The van der Waals surface area contributed by atoms with Gasteiger partial charge in [0.1, 0.15) is 0 Å². The number of nitrogens with one attached hydrogen (secondary N) is 2. The molecule has 4 heterocycles. The van der Waals surface area contributed by atoms with Crippen molar-refractivity contribution in [1.29, 1.82) is 0 Å². The Morgan fingerprint density at radius 1 is 1.32 bits per heavy atom. The summed E-state index contributed by atoms with van der Waals surface area (Å²) < 4.78 is 0. The maximum absolute atomic E-state index is 13.5. The van der Waals surface area contributed by atoms with Crippen molar-refractivity contribution in [3.63, 3.8) is 0 Å². The van der Waals surface area contributed by atoms with Gasteiger partial charge >= 0.3 is 0 Å². The molecule has 2 aliphatic rings. The number of carbonyl (C=O) groups is 2. The van der Waals surface area contributed by atoms with Crippen LogP contribution in [-0.4, -0.2) is 55.9 Å². The SMILES string of the molecule is C=CC(=O)N1CCCC(N2Cc3cncc(Nc4c(C)ccc5[nH]ncc45)c3C2=O)C1. The number of aromatic nitrogens is 3. The van der Waals surface area contributed by atoms with Crippen molar-refractivity contribution in [2.45, 2.75) is 32.4 Å². The molecule has 1 atom stereocenters. The smallest absolute Gasteiger partial charge is 0.257 e. The lowest BCUT2D eigenvalue weighted by molar-refractivity contribution is -0.127. The number of hydrogen-bond donors (Lipinski definition) is 2. The van der Waals surface area contributed by atoms with Crippen LogP contribution in [0.5, 0.6) is 0 Å². The Hall–Kier alpha value is -3.68. The molecule has 1 fully saturated rings. The van der Waals surface area contributed by atoms with E-state index in [0.29, 0.717) is 30.9 Å². The number of benzene rings is 1. The van der Waals surface area contributed by atoms with E-state index in [2.05, 4.69) is 27.1 Å². The molecule has 3 aromatic rings. The van der Waals surface area contributed by atoms with Crippen molar-refractivity contribution in [3.8, 4) is 0 Å². The lowest BCUT2D eigenvalue weighted by Crippen LogP contribution is -2.49. The van der Waals surface area contributed by atoms with Gasteiger partial charge in [0, 0.05) is 36.8 Å². The van der Waals surface area contributed by atoms with Gasteiger partial charge in [0.25, 0.3) is 5.91 Å². The second-order valence-electron chi connectivity index (χ2n) is 8.15. The van der Waals surface area contributed by atoms with E-state index in [1.54, 1.807) is 23.5 Å². The first kappa shape index (κ1) is 19.3. The number of piperidine rings is 1. The van der Waals surface area contributed by atoms with E-state index in [9.17, 15) is 9.59 Å². The number of nitrogens with zero attached hydrogens (tertiary/aromatic N) is 4. The maximum atomic E-state index is 13.5. The van der Waals surface area contributed by atoms with E-state index in [0.717, 1.165) is 40.6 Å². The molecule has 2 aliphatic heterocycles. The Bertz CT molecular complexity index is 1200. The minimum Gasteiger partial charge on any atom is -0.353 e. The zero-order valence-electron chi connectivity index (χ0n) is 17.4. The number of amides is 2. The van der Waals surface area contributed by atoms with Crippen molar-refractivity contribution in [3.05, 3.63) is 60.1 Å². The summed E-state index contributed by atoms with van der Waals surface area (Å²) in [5, 5.41) is 11.5. The quantitative estimate of drug-likeness (QED) is 0.637. The molecule has 2 N–H and O–H groups in total. The molecule has 1 aromatic carbocycles. The van der Waals surface area contributed by atoms with Crippen molar-refractivity contribution in [2.75, 3.05) is 18.4 Å². The van der Waals surface area contributed by atoms with E-state index in [1.807, 2.05) is 24.0 Å². The number of pyridine rings is 1. The highest BCUT2D eigenvalue weighted by molar-refractivity contribution is 6.05. The van der Waals surface area contributed by atoms with Gasteiger partial charge in [0.2, 0.25) is 5.91 Å². The second kappa shape index (κ2) is 7.54. The van der Waals surface area contributed by atoms with Gasteiger partial charge in [-0.15, -0.1) is 0 Å². The van der Waals surface area contributed by atoms with Gasteiger partial charge in [-0.25, -0.2) is 0 Å². The Morgan fingerprint density at radius 2 is 2.19 bits per heavy atom. The number of aryl methyl sites for hydroxylation is 1. The van der Waals surface area contributed by atoms with E-state index in [4.69, 9.17) is 0 Å². The van der Waals surface area contributed by atoms with Crippen LogP contribution in [0.2, 0.25) is 0 Å². The molecular formula is C23H24N6O2. The molecule has 8 nitrogen and oxygen atoms in total. The summed E-state index contributed by atoms with van der Waals surface area (Å²) in [7, 11) is 0. The molecule has 1 unspecified atom stereocenters. The van der Waals surface area contributed by atoms with Crippen molar-refractivity contribution in [1.82, 2.24) is 25.0 Å². The third kappa shape index (κ3) is 3.24. The molecule has 0 radical (unpaired) electrons. The highest BCUT2D eigenvalue weighted by Gasteiger charge is 2.37. The van der Waals surface area contributed by atoms with Crippen LogP contribution < -0.4 is 5.32 Å². The van der Waals surface area contributed by atoms with Crippen LogP contribution in [-0.2, 0) is 11.3 Å². The number of carbonyl (C=O) groups excluding carboxylic acids is 2. The number of hydrogen-bond acceptors (Lipinski definition) is 5. The number of fused-ring (bicyclic) bond motifs is 2. The number of likely N-dealkylation sites (tertiary alicyclic amines) is 1. The van der Waals surface area contributed by atoms with Gasteiger partial charge in [-0.05, 0) is 37.5 Å². The summed E-state index contributed by atoms with van der Waals surface area (Å²) in [6, 6.07) is 3.99. The van der Waals surface area contributed by atoms with E-state index >= 15 is 0 Å². The fraction of sp³-hybridized carbons (Fsp3) is 0.304. The molecular weight excluding hydrogens is 392 g/mol. The van der Waals surface area contributed by atoms with Gasteiger partial charge in [-0.2, -0.15) is 5.10 Å². The molecule has 0 aliphatic carbocycles. The minimum absolute atomic E-state index is 0.00978. The molecule has 2 amide bonds. The lowest BCUT2D eigenvalue weighted by atomic mass is 10.0. The predicted molar refractivity (Wildman–Crippen MR) is 118 cm³/mol. The fourth-order valence-electron chi connectivity index (χ4n) is 4.63. The summed E-state index contributed by atoms with van der Waals surface area (Å²) in [5.41, 5.74) is 5.14. The summed E-state index contributed by atoms with van der Waals surface area (Å²) in [4.78, 5) is 33.6. The molecule has 1 saturated heterocycles. The normalized spacial score (nSPS) is 18.4. The molecule has 2 aromatic heterocycles. The zero-order chi connectivity index (χ0) is 21.5. The molecule has 0 bridgehead atoms.